The van der Waals surface area contributed by atoms with Gasteiger partial charge in [0.05, 0.1) is 5.69 Å². The van der Waals surface area contributed by atoms with Crippen LogP contribution in [0.2, 0.25) is 5.02 Å². The van der Waals surface area contributed by atoms with Gasteiger partial charge in [-0.3, -0.25) is 14.3 Å². The second-order valence-electron chi connectivity index (χ2n) is 7.17. The van der Waals surface area contributed by atoms with Crippen LogP contribution in [0.25, 0.3) is 11.3 Å². The zero-order valence-corrected chi connectivity index (χ0v) is 15.9. The minimum absolute atomic E-state index is 0.0906. The Morgan fingerprint density at radius 2 is 1.89 bits per heavy atom. The zero-order chi connectivity index (χ0) is 19.0. The molecule has 2 fully saturated rings. The lowest BCUT2D eigenvalue weighted by Crippen LogP contribution is -2.22. The summed E-state index contributed by atoms with van der Waals surface area (Å²) in [7, 11) is 0. The molecule has 0 amide bonds. The van der Waals surface area contributed by atoms with E-state index in [0.717, 1.165) is 29.8 Å². The number of halogens is 1. The highest BCUT2D eigenvalue weighted by molar-refractivity contribution is 6.30. The van der Waals surface area contributed by atoms with Crippen LogP contribution in [-0.4, -0.2) is 34.6 Å². The third kappa shape index (κ3) is 3.62. The summed E-state index contributed by atoms with van der Waals surface area (Å²) in [5.74, 6) is 0.0973. The van der Waals surface area contributed by atoms with Gasteiger partial charge in [0, 0.05) is 41.5 Å². The lowest BCUT2D eigenvalue weighted by Gasteiger charge is -2.19. The maximum atomic E-state index is 12.9. The van der Waals surface area contributed by atoms with Crippen molar-refractivity contribution in [3.05, 3.63) is 52.7 Å². The Balaban J connectivity index is 1.61. The molecule has 1 aliphatic carbocycles. The molecule has 2 aliphatic rings. The fourth-order valence-corrected chi connectivity index (χ4v) is 3.89. The Morgan fingerprint density at radius 1 is 1.19 bits per heavy atom. The van der Waals surface area contributed by atoms with Crippen molar-refractivity contribution < 1.29 is 14.3 Å². The van der Waals surface area contributed by atoms with Gasteiger partial charge in [0.25, 0.3) is 0 Å². The van der Waals surface area contributed by atoms with Crippen LogP contribution < -0.4 is 0 Å². The fraction of sp³-hybridized carbons (Fsp3) is 0.381. The molecule has 2 heterocycles. The summed E-state index contributed by atoms with van der Waals surface area (Å²) in [6, 6.07) is 8.39. The molecule has 1 saturated heterocycles. The first-order valence-electron chi connectivity index (χ1n) is 9.20. The van der Waals surface area contributed by atoms with Gasteiger partial charge < -0.3 is 4.74 Å². The van der Waals surface area contributed by atoms with Gasteiger partial charge in [-0.15, -0.1) is 0 Å². The maximum absolute atomic E-state index is 12.9. The SMILES string of the molecule is Cc1cc(-c2ccc(Cl)cc2)nn1C1C(=O)CC(=CC2CCOCC2)C1=O. The van der Waals surface area contributed by atoms with Gasteiger partial charge in [-0.25, -0.2) is 0 Å². The molecule has 0 radical (unpaired) electrons. The molecule has 6 heteroatoms. The van der Waals surface area contributed by atoms with E-state index < -0.39 is 6.04 Å². The molecule has 1 aliphatic heterocycles. The van der Waals surface area contributed by atoms with Crippen LogP contribution in [0, 0.1) is 12.8 Å². The van der Waals surface area contributed by atoms with E-state index in [1.165, 1.54) is 0 Å². The second kappa shape index (κ2) is 7.41. The molecule has 1 unspecified atom stereocenters. The molecule has 4 rings (SSSR count). The quantitative estimate of drug-likeness (QED) is 0.593. The molecule has 1 aromatic heterocycles. The van der Waals surface area contributed by atoms with Crippen molar-refractivity contribution in [2.45, 2.75) is 32.2 Å². The summed E-state index contributed by atoms with van der Waals surface area (Å²) >= 11 is 5.94. The molecule has 5 nitrogen and oxygen atoms in total. The van der Waals surface area contributed by atoms with E-state index in [0.29, 0.717) is 29.7 Å². The number of benzene rings is 1. The van der Waals surface area contributed by atoms with Crippen molar-refractivity contribution in [1.82, 2.24) is 9.78 Å². The van der Waals surface area contributed by atoms with Crippen molar-refractivity contribution in [1.29, 1.82) is 0 Å². The number of rotatable bonds is 3. The van der Waals surface area contributed by atoms with E-state index in [2.05, 4.69) is 5.10 Å². The van der Waals surface area contributed by atoms with Crippen molar-refractivity contribution >= 4 is 23.2 Å². The topological polar surface area (TPSA) is 61.2 Å². The zero-order valence-electron chi connectivity index (χ0n) is 15.2. The summed E-state index contributed by atoms with van der Waals surface area (Å²) < 4.78 is 6.94. The number of hydrogen-bond acceptors (Lipinski definition) is 4. The molecular weight excluding hydrogens is 364 g/mol. The molecule has 27 heavy (non-hydrogen) atoms. The van der Waals surface area contributed by atoms with Crippen molar-refractivity contribution in [2.75, 3.05) is 13.2 Å². The number of ketones is 2. The Kier molecular flexibility index (Phi) is 4.98. The monoisotopic (exact) mass is 384 g/mol. The maximum Gasteiger partial charge on any atom is 0.191 e. The van der Waals surface area contributed by atoms with Gasteiger partial charge in [-0.05, 0) is 43.9 Å². The molecule has 1 saturated carbocycles. The predicted molar refractivity (Wildman–Crippen MR) is 103 cm³/mol. The minimum Gasteiger partial charge on any atom is -0.381 e. The predicted octanol–water partition coefficient (Wildman–Crippen LogP) is 3.95. The normalized spacial score (nSPS) is 22.7. The lowest BCUT2D eigenvalue weighted by molar-refractivity contribution is -0.126. The lowest BCUT2D eigenvalue weighted by atomic mass is 9.96. The van der Waals surface area contributed by atoms with Gasteiger partial charge in [0.2, 0.25) is 0 Å². The van der Waals surface area contributed by atoms with Gasteiger partial charge in [-0.1, -0.05) is 29.8 Å². The summed E-state index contributed by atoms with van der Waals surface area (Å²) in [5, 5.41) is 5.21. The first-order chi connectivity index (χ1) is 13.0. The first-order valence-corrected chi connectivity index (χ1v) is 9.58. The van der Waals surface area contributed by atoms with Crippen LogP contribution in [-0.2, 0) is 14.3 Å². The second-order valence-corrected chi connectivity index (χ2v) is 7.61. The van der Waals surface area contributed by atoms with E-state index in [1.807, 2.05) is 31.2 Å². The number of allylic oxidation sites excluding steroid dienone is 2. The van der Waals surface area contributed by atoms with Gasteiger partial charge in [0.15, 0.2) is 17.6 Å². The smallest absolute Gasteiger partial charge is 0.191 e. The van der Waals surface area contributed by atoms with Crippen molar-refractivity contribution in [3.8, 4) is 11.3 Å². The Hall–Kier alpha value is -2.24. The third-order valence-corrected chi connectivity index (χ3v) is 5.50. The number of Topliss-reactive ketones (excluding diaryl/α,β-unsaturated/α-hetero) is 2. The molecule has 1 atom stereocenters. The fourth-order valence-electron chi connectivity index (χ4n) is 3.76. The van der Waals surface area contributed by atoms with E-state index in [-0.39, 0.29) is 18.0 Å². The van der Waals surface area contributed by atoms with Gasteiger partial charge in [0.1, 0.15) is 0 Å². The highest BCUT2D eigenvalue weighted by Gasteiger charge is 2.40. The number of aromatic nitrogens is 2. The third-order valence-electron chi connectivity index (χ3n) is 5.24. The highest BCUT2D eigenvalue weighted by Crippen LogP contribution is 2.32. The molecule has 1 aromatic carbocycles. The molecule has 2 aromatic rings. The number of ether oxygens (including phenoxy) is 1. The van der Waals surface area contributed by atoms with E-state index in [1.54, 1.807) is 16.8 Å². The van der Waals surface area contributed by atoms with E-state index >= 15 is 0 Å². The Morgan fingerprint density at radius 3 is 2.59 bits per heavy atom. The molecule has 0 N–H and O–H groups in total. The van der Waals surface area contributed by atoms with E-state index in [4.69, 9.17) is 16.3 Å². The summed E-state index contributed by atoms with van der Waals surface area (Å²) in [6.45, 7) is 3.29. The highest BCUT2D eigenvalue weighted by atomic mass is 35.5. The van der Waals surface area contributed by atoms with Gasteiger partial charge >= 0.3 is 0 Å². The number of hydrogen-bond donors (Lipinski definition) is 0. The van der Waals surface area contributed by atoms with Crippen LogP contribution in [0.1, 0.15) is 31.0 Å². The van der Waals surface area contributed by atoms with Crippen LogP contribution >= 0.6 is 11.6 Å². The van der Waals surface area contributed by atoms with Crippen LogP contribution in [0.4, 0.5) is 0 Å². The van der Waals surface area contributed by atoms with Gasteiger partial charge in [-0.2, -0.15) is 5.10 Å². The molecule has 0 spiro atoms. The van der Waals surface area contributed by atoms with Crippen LogP contribution in [0.3, 0.4) is 0 Å². The summed E-state index contributed by atoms with van der Waals surface area (Å²) in [6.07, 6.45) is 3.98. The number of aryl methyl sites for hydroxylation is 1. The largest absolute Gasteiger partial charge is 0.381 e. The molecule has 140 valence electrons. The number of nitrogens with zero attached hydrogens (tertiary/aromatic N) is 2. The molecule has 0 bridgehead atoms. The number of carbonyl (C=O) groups excluding carboxylic acids is 2. The summed E-state index contributed by atoms with van der Waals surface area (Å²) in [5.41, 5.74) is 3.04. The Bertz CT molecular complexity index is 908. The van der Waals surface area contributed by atoms with E-state index in [9.17, 15) is 9.59 Å². The average Bonchev–Trinajstić information content (AvgIpc) is 3.16. The minimum atomic E-state index is -0.850. The number of carbonyl (C=O) groups is 2. The summed E-state index contributed by atoms with van der Waals surface area (Å²) in [4.78, 5) is 25.5. The standard InChI is InChI=1S/C21H21ClN2O3/c1-13-10-18(15-2-4-17(22)5-3-15)23-24(13)20-19(25)12-16(21(20)26)11-14-6-8-27-9-7-14/h2-5,10-11,14,20H,6-9,12H2,1H3. The average molecular weight is 385 g/mol. The van der Waals surface area contributed by atoms with Crippen molar-refractivity contribution in [3.63, 3.8) is 0 Å². The van der Waals surface area contributed by atoms with Crippen molar-refractivity contribution in [2.24, 2.45) is 5.92 Å². The molecular formula is C21H21ClN2O3. The first kappa shape index (κ1) is 18.1. The van der Waals surface area contributed by atoms with Crippen LogP contribution in [0.5, 0.6) is 0 Å². The van der Waals surface area contributed by atoms with Crippen LogP contribution in [0.15, 0.2) is 42.0 Å². The Labute approximate surface area is 163 Å².